The SMILES string of the molecule is CN(CC1CCC1)C1CCC(=O)C1. The van der Waals surface area contributed by atoms with Gasteiger partial charge in [0.25, 0.3) is 0 Å². The molecule has 0 aromatic rings. The summed E-state index contributed by atoms with van der Waals surface area (Å²) >= 11 is 0. The molecule has 0 radical (unpaired) electrons. The topological polar surface area (TPSA) is 20.3 Å². The first-order chi connectivity index (χ1) is 6.25. The summed E-state index contributed by atoms with van der Waals surface area (Å²) in [6.07, 6.45) is 6.96. The summed E-state index contributed by atoms with van der Waals surface area (Å²) in [5, 5.41) is 0. The van der Waals surface area contributed by atoms with E-state index >= 15 is 0 Å². The van der Waals surface area contributed by atoms with Gasteiger partial charge in [-0.15, -0.1) is 0 Å². The van der Waals surface area contributed by atoms with Crippen LogP contribution in [0.5, 0.6) is 0 Å². The maximum absolute atomic E-state index is 11.1. The molecular formula is C11H19NO. The lowest BCUT2D eigenvalue weighted by atomic mass is 9.85. The third kappa shape index (κ3) is 2.11. The highest BCUT2D eigenvalue weighted by atomic mass is 16.1. The summed E-state index contributed by atoms with van der Waals surface area (Å²) in [4.78, 5) is 13.5. The number of hydrogen-bond acceptors (Lipinski definition) is 2. The predicted octanol–water partition coefficient (Wildman–Crippen LogP) is 1.84. The summed E-state index contributed by atoms with van der Waals surface area (Å²) in [6, 6.07) is 0.563. The minimum atomic E-state index is 0.463. The Bertz CT molecular complexity index is 198. The molecule has 1 unspecified atom stereocenters. The molecule has 0 bridgehead atoms. The van der Waals surface area contributed by atoms with Crippen LogP contribution in [0.2, 0.25) is 0 Å². The molecule has 1 atom stereocenters. The number of Topliss-reactive ketones (excluding diaryl/α,β-unsaturated/α-hetero) is 1. The van der Waals surface area contributed by atoms with Gasteiger partial charge in [0.15, 0.2) is 0 Å². The maximum atomic E-state index is 11.1. The minimum Gasteiger partial charge on any atom is -0.303 e. The monoisotopic (exact) mass is 181 g/mol. The van der Waals surface area contributed by atoms with Gasteiger partial charge in [-0.2, -0.15) is 0 Å². The van der Waals surface area contributed by atoms with Crippen molar-refractivity contribution in [3.05, 3.63) is 0 Å². The fraction of sp³-hybridized carbons (Fsp3) is 0.909. The second-order valence-electron chi connectivity index (χ2n) is 4.67. The van der Waals surface area contributed by atoms with E-state index in [0.29, 0.717) is 11.8 Å². The Morgan fingerprint density at radius 2 is 2.15 bits per heavy atom. The van der Waals surface area contributed by atoms with Crippen molar-refractivity contribution in [3.63, 3.8) is 0 Å². The zero-order valence-electron chi connectivity index (χ0n) is 8.46. The van der Waals surface area contributed by atoms with Crippen LogP contribution in [0, 0.1) is 5.92 Å². The molecule has 0 spiro atoms. The number of hydrogen-bond donors (Lipinski definition) is 0. The Balaban J connectivity index is 1.75. The Labute approximate surface area is 80.3 Å². The molecule has 2 aliphatic carbocycles. The summed E-state index contributed by atoms with van der Waals surface area (Å²) in [7, 11) is 2.18. The van der Waals surface area contributed by atoms with E-state index in [9.17, 15) is 4.79 Å². The molecule has 0 saturated heterocycles. The van der Waals surface area contributed by atoms with Crippen LogP contribution in [0.3, 0.4) is 0 Å². The first-order valence-electron chi connectivity index (χ1n) is 5.47. The van der Waals surface area contributed by atoms with Crippen LogP contribution in [0.1, 0.15) is 38.5 Å². The number of nitrogens with zero attached hydrogens (tertiary/aromatic N) is 1. The van der Waals surface area contributed by atoms with Crippen LogP contribution >= 0.6 is 0 Å². The molecule has 2 fully saturated rings. The largest absolute Gasteiger partial charge is 0.303 e. The lowest BCUT2D eigenvalue weighted by molar-refractivity contribution is -0.117. The quantitative estimate of drug-likeness (QED) is 0.662. The normalized spacial score (nSPS) is 29.7. The van der Waals surface area contributed by atoms with Gasteiger partial charge >= 0.3 is 0 Å². The number of carbonyl (C=O) groups is 1. The van der Waals surface area contributed by atoms with Gasteiger partial charge in [-0.25, -0.2) is 0 Å². The highest BCUT2D eigenvalue weighted by Crippen LogP contribution is 2.29. The van der Waals surface area contributed by atoms with Gasteiger partial charge in [0, 0.05) is 25.4 Å². The molecule has 0 aromatic carbocycles. The van der Waals surface area contributed by atoms with Crippen molar-refractivity contribution in [2.24, 2.45) is 5.92 Å². The lowest BCUT2D eigenvalue weighted by Crippen LogP contribution is -2.36. The van der Waals surface area contributed by atoms with Gasteiger partial charge in [0.1, 0.15) is 5.78 Å². The van der Waals surface area contributed by atoms with Crippen LogP contribution < -0.4 is 0 Å². The maximum Gasteiger partial charge on any atom is 0.134 e. The van der Waals surface area contributed by atoms with E-state index in [1.165, 1.54) is 25.8 Å². The molecular weight excluding hydrogens is 162 g/mol. The standard InChI is InChI=1S/C11H19NO/c1-12(8-9-3-2-4-9)10-5-6-11(13)7-10/h9-10H,2-8H2,1H3. The molecule has 2 heteroatoms. The van der Waals surface area contributed by atoms with Gasteiger partial charge < -0.3 is 4.90 Å². The highest BCUT2D eigenvalue weighted by molar-refractivity contribution is 5.81. The van der Waals surface area contributed by atoms with Gasteiger partial charge in [-0.1, -0.05) is 6.42 Å². The highest BCUT2D eigenvalue weighted by Gasteiger charge is 2.28. The van der Waals surface area contributed by atoms with Gasteiger partial charge in [0.05, 0.1) is 0 Å². The van der Waals surface area contributed by atoms with E-state index in [0.717, 1.165) is 25.2 Å². The Kier molecular flexibility index (Phi) is 2.68. The zero-order valence-corrected chi connectivity index (χ0v) is 8.46. The molecule has 0 amide bonds. The molecule has 2 rings (SSSR count). The smallest absolute Gasteiger partial charge is 0.134 e. The second kappa shape index (κ2) is 3.79. The second-order valence-corrected chi connectivity index (χ2v) is 4.67. The summed E-state index contributed by atoms with van der Waals surface area (Å²) in [5.74, 6) is 1.39. The first kappa shape index (κ1) is 9.20. The van der Waals surface area contributed by atoms with Crippen LogP contribution in [-0.2, 0) is 4.79 Å². The van der Waals surface area contributed by atoms with E-state index in [2.05, 4.69) is 11.9 Å². The molecule has 0 aliphatic heterocycles. The fourth-order valence-corrected chi connectivity index (χ4v) is 2.40. The van der Waals surface area contributed by atoms with Crippen molar-refractivity contribution >= 4 is 5.78 Å². The van der Waals surface area contributed by atoms with Crippen molar-refractivity contribution in [3.8, 4) is 0 Å². The zero-order chi connectivity index (χ0) is 9.26. The molecule has 2 aliphatic rings. The Hall–Kier alpha value is -0.370. The first-order valence-corrected chi connectivity index (χ1v) is 5.47. The summed E-state index contributed by atoms with van der Waals surface area (Å²) < 4.78 is 0. The van der Waals surface area contributed by atoms with E-state index in [-0.39, 0.29) is 0 Å². The van der Waals surface area contributed by atoms with Crippen molar-refractivity contribution in [1.29, 1.82) is 0 Å². The van der Waals surface area contributed by atoms with Gasteiger partial charge in [-0.05, 0) is 32.2 Å². The molecule has 74 valence electrons. The van der Waals surface area contributed by atoms with Crippen LogP contribution in [0.4, 0.5) is 0 Å². The molecule has 2 saturated carbocycles. The van der Waals surface area contributed by atoms with E-state index in [1.807, 2.05) is 0 Å². The van der Waals surface area contributed by atoms with E-state index in [1.54, 1.807) is 0 Å². The third-order valence-electron chi connectivity index (χ3n) is 3.61. The minimum absolute atomic E-state index is 0.463. The average molecular weight is 181 g/mol. The number of rotatable bonds is 3. The van der Waals surface area contributed by atoms with E-state index < -0.39 is 0 Å². The van der Waals surface area contributed by atoms with Crippen LogP contribution in [0.25, 0.3) is 0 Å². The molecule has 0 heterocycles. The molecule has 0 N–H and O–H groups in total. The number of ketones is 1. The Morgan fingerprint density at radius 1 is 1.38 bits per heavy atom. The van der Waals surface area contributed by atoms with Crippen molar-refractivity contribution < 1.29 is 4.79 Å². The summed E-state index contributed by atoms with van der Waals surface area (Å²) in [5.41, 5.74) is 0. The van der Waals surface area contributed by atoms with Crippen molar-refractivity contribution in [2.75, 3.05) is 13.6 Å². The van der Waals surface area contributed by atoms with Crippen LogP contribution in [0.15, 0.2) is 0 Å². The number of carbonyl (C=O) groups excluding carboxylic acids is 1. The lowest BCUT2D eigenvalue weighted by Gasteiger charge is -2.33. The molecule has 2 nitrogen and oxygen atoms in total. The average Bonchev–Trinajstić information content (AvgIpc) is 2.44. The fourth-order valence-electron chi connectivity index (χ4n) is 2.40. The third-order valence-corrected chi connectivity index (χ3v) is 3.61. The van der Waals surface area contributed by atoms with E-state index in [4.69, 9.17) is 0 Å². The van der Waals surface area contributed by atoms with Crippen molar-refractivity contribution in [2.45, 2.75) is 44.6 Å². The molecule has 0 aromatic heterocycles. The van der Waals surface area contributed by atoms with Gasteiger partial charge in [-0.3, -0.25) is 4.79 Å². The van der Waals surface area contributed by atoms with Gasteiger partial charge in [0.2, 0.25) is 0 Å². The predicted molar refractivity (Wildman–Crippen MR) is 52.6 cm³/mol. The van der Waals surface area contributed by atoms with Crippen LogP contribution in [-0.4, -0.2) is 30.3 Å². The molecule has 13 heavy (non-hydrogen) atoms. The van der Waals surface area contributed by atoms with Crippen molar-refractivity contribution in [1.82, 2.24) is 4.90 Å². The Morgan fingerprint density at radius 3 is 2.62 bits per heavy atom. The summed E-state index contributed by atoms with van der Waals surface area (Å²) in [6.45, 7) is 1.22.